The van der Waals surface area contributed by atoms with Crippen molar-refractivity contribution in [1.29, 1.82) is 0 Å². The van der Waals surface area contributed by atoms with Gasteiger partial charge in [-0.05, 0) is 55.2 Å². The molecule has 1 saturated heterocycles. The molecule has 1 fully saturated rings. The summed E-state index contributed by atoms with van der Waals surface area (Å²) in [5, 5.41) is 7.68. The molecule has 0 saturated carbocycles. The van der Waals surface area contributed by atoms with Crippen LogP contribution in [0.3, 0.4) is 0 Å². The Morgan fingerprint density at radius 1 is 1.06 bits per heavy atom. The van der Waals surface area contributed by atoms with Crippen molar-refractivity contribution in [3.63, 3.8) is 0 Å². The van der Waals surface area contributed by atoms with Gasteiger partial charge in [-0.15, -0.1) is 11.3 Å². The van der Waals surface area contributed by atoms with E-state index in [1.54, 1.807) is 19.1 Å². The minimum Gasteiger partial charge on any atom is -0.438 e. The zero-order chi connectivity index (χ0) is 23.0. The molecule has 2 N–H and O–H groups in total. The second kappa shape index (κ2) is 8.25. The van der Waals surface area contributed by atoms with Crippen molar-refractivity contribution in [2.24, 2.45) is 0 Å². The Morgan fingerprint density at radius 3 is 2.52 bits per heavy atom. The highest BCUT2D eigenvalue weighted by Crippen LogP contribution is 2.39. The lowest BCUT2D eigenvalue weighted by atomic mass is 9.93. The number of benzene rings is 2. The molecule has 9 heteroatoms. The molecule has 4 aromatic rings. The third kappa shape index (κ3) is 4.14. The smallest absolute Gasteiger partial charge is 0.322 e. The second-order valence-electron chi connectivity index (χ2n) is 8.00. The van der Waals surface area contributed by atoms with Gasteiger partial charge in [0.05, 0.1) is 5.39 Å². The molecule has 1 aliphatic rings. The van der Waals surface area contributed by atoms with Crippen molar-refractivity contribution in [3.8, 4) is 22.8 Å². The lowest BCUT2D eigenvalue weighted by Crippen LogP contribution is -2.43. The predicted molar refractivity (Wildman–Crippen MR) is 123 cm³/mol. The van der Waals surface area contributed by atoms with Crippen molar-refractivity contribution in [1.82, 2.24) is 20.6 Å². The van der Waals surface area contributed by atoms with Gasteiger partial charge >= 0.3 is 6.03 Å². The van der Waals surface area contributed by atoms with E-state index >= 15 is 0 Å². The highest BCUT2D eigenvalue weighted by Gasteiger charge is 2.41. The van der Waals surface area contributed by atoms with Gasteiger partial charge in [0.1, 0.15) is 28.3 Å². The quantitative estimate of drug-likeness (QED) is 0.401. The van der Waals surface area contributed by atoms with Crippen LogP contribution >= 0.6 is 11.3 Å². The molecule has 0 bridgehead atoms. The van der Waals surface area contributed by atoms with Gasteiger partial charge in [0.2, 0.25) is 5.88 Å². The maximum atomic E-state index is 13.4. The van der Waals surface area contributed by atoms with Crippen molar-refractivity contribution < 1.29 is 18.7 Å². The molecule has 0 radical (unpaired) electrons. The SMILES string of the molecule is C[C@@]1(CCc2ccc(Oc3ncnc4scc(-c5ccc(F)cc5)c34)cc2)NC(=O)NC1=O. The normalized spacial score (nSPS) is 17.8. The van der Waals surface area contributed by atoms with E-state index in [4.69, 9.17) is 4.74 Å². The summed E-state index contributed by atoms with van der Waals surface area (Å²) in [4.78, 5) is 32.8. The summed E-state index contributed by atoms with van der Waals surface area (Å²) in [7, 11) is 0. The molecular weight excluding hydrogens is 443 g/mol. The van der Waals surface area contributed by atoms with Crippen LogP contribution in [0.5, 0.6) is 11.6 Å². The molecule has 166 valence electrons. The molecule has 1 aliphatic heterocycles. The number of ether oxygens (including phenoxy) is 1. The minimum atomic E-state index is -0.908. The van der Waals surface area contributed by atoms with Crippen LogP contribution in [-0.2, 0) is 11.2 Å². The summed E-state index contributed by atoms with van der Waals surface area (Å²) in [5.74, 6) is 0.420. The van der Waals surface area contributed by atoms with E-state index in [0.717, 1.165) is 26.9 Å². The number of aromatic nitrogens is 2. The fourth-order valence-electron chi connectivity index (χ4n) is 3.75. The molecule has 0 spiro atoms. The number of nitrogens with zero attached hydrogens (tertiary/aromatic N) is 2. The van der Waals surface area contributed by atoms with Crippen LogP contribution in [0.1, 0.15) is 18.9 Å². The van der Waals surface area contributed by atoms with E-state index in [0.29, 0.717) is 24.5 Å². The number of amides is 3. The molecular formula is C24H19FN4O3S. The summed E-state index contributed by atoms with van der Waals surface area (Å²) >= 11 is 1.47. The van der Waals surface area contributed by atoms with Crippen LogP contribution in [0, 0.1) is 5.82 Å². The third-order valence-corrected chi connectivity index (χ3v) is 6.55. The number of carbonyl (C=O) groups is 2. The first kappa shape index (κ1) is 21.0. The molecule has 5 rings (SSSR count). The van der Waals surface area contributed by atoms with Gasteiger partial charge in [0, 0.05) is 10.9 Å². The number of rotatable bonds is 6. The van der Waals surface area contributed by atoms with Gasteiger partial charge in [-0.1, -0.05) is 24.3 Å². The lowest BCUT2D eigenvalue weighted by Gasteiger charge is -2.20. The predicted octanol–water partition coefficient (Wildman–Crippen LogP) is 4.82. The molecule has 0 aliphatic carbocycles. The molecule has 7 nitrogen and oxygen atoms in total. The van der Waals surface area contributed by atoms with Crippen LogP contribution in [0.2, 0.25) is 0 Å². The van der Waals surface area contributed by atoms with Gasteiger partial charge in [0.25, 0.3) is 5.91 Å². The van der Waals surface area contributed by atoms with Crippen molar-refractivity contribution in [2.75, 3.05) is 0 Å². The minimum absolute atomic E-state index is 0.295. The van der Waals surface area contributed by atoms with Gasteiger partial charge < -0.3 is 10.1 Å². The third-order valence-electron chi connectivity index (χ3n) is 5.66. The Labute approximate surface area is 192 Å². The van der Waals surface area contributed by atoms with E-state index in [9.17, 15) is 14.0 Å². The largest absolute Gasteiger partial charge is 0.438 e. The topological polar surface area (TPSA) is 93.2 Å². The van der Waals surface area contributed by atoms with Gasteiger partial charge in [0.15, 0.2) is 0 Å². The number of hydrogen-bond acceptors (Lipinski definition) is 6. The number of halogens is 1. The van der Waals surface area contributed by atoms with Gasteiger partial charge in [-0.3, -0.25) is 10.1 Å². The monoisotopic (exact) mass is 462 g/mol. The highest BCUT2D eigenvalue weighted by molar-refractivity contribution is 7.17. The second-order valence-corrected chi connectivity index (χ2v) is 8.86. The molecule has 2 aromatic carbocycles. The standard InChI is InChI=1S/C24H19FN4O3S/c1-24(22(30)28-23(31)29-24)11-10-14-2-8-17(9-3-14)32-20-19-18(12-33-21(19)27-13-26-20)15-4-6-16(25)7-5-15/h2-9,12-13H,10-11H2,1H3,(H2,28,29,30,31)/t24-/m0/s1. The maximum Gasteiger partial charge on any atom is 0.322 e. The van der Waals surface area contributed by atoms with E-state index in [1.165, 1.54) is 29.8 Å². The van der Waals surface area contributed by atoms with Crippen LogP contribution in [0.15, 0.2) is 60.2 Å². The number of urea groups is 1. The van der Waals surface area contributed by atoms with E-state index in [1.807, 2.05) is 29.6 Å². The summed E-state index contributed by atoms with van der Waals surface area (Å²) in [5.41, 5.74) is 1.84. The number of carbonyl (C=O) groups excluding carboxylic acids is 2. The number of thiophene rings is 1. The summed E-state index contributed by atoms with van der Waals surface area (Å²) in [6.45, 7) is 1.71. The average Bonchev–Trinajstić information content (AvgIpc) is 3.35. The fraction of sp³-hybridized carbons (Fsp3) is 0.167. The van der Waals surface area contributed by atoms with Crippen LogP contribution in [-0.4, -0.2) is 27.4 Å². The van der Waals surface area contributed by atoms with E-state index < -0.39 is 11.6 Å². The Hall–Kier alpha value is -3.85. The molecule has 3 heterocycles. The molecule has 0 unspecified atom stereocenters. The van der Waals surface area contributed by atoms with Crippen LogP contribution in [0.25, 0.3) is 21.3 Å². The zero-order valence-electron chi connectivity index (χ0n) is 17.6. The van der Waals surface area contributed by atoms with Gasteiger partial charge in [-0.2, -0.15) is 0 Å². The summed E-state index contributed by atoms with van der Waals surface area (Å²) in [6.07, 6.45) is 2.55. The first-order valence-corrected chi connectivity index (χ1v) is 11.2. The zero-order valence-corrected chi connectivity index (χ0v) is 18.4. The maximum absolute atomic E-state index is 13.4. The number of aryl methyl sites for hydroxylation is 1. The number of nitrogens with one attached hydrogen (secondary N) is 2. The lowest BCUT2D eigenvalue weighted by molar-refractivity contribution is -0.123. The van der Waals surface area contributed by atoms with Crippen LogP contribution < -0.4 is 15.4 Å². The van der Waals surface area contributed by atoms with E-state index in [-0.39, 0.29) is 11.7 Å². The molecule has 1 atom stereocenters. The molecule has 3 amide bonds. The number of fused-ring (bicyclic) bond motifs is 1. The number of imide groups is 1. The summed E-state index contributed by atoms with van der Waals surface area (Å²) < 4.78 is 19.4. The first-order valence-electron chi connectivity index (χ1n) is 10.3. The fourth-order valence-corrected chi connectivity index (χ4v) is 4.66. The van der Waals surface area contributed by atoms with Gasteiger partial charge in [-0.25, -0.2) is 19.2 Å². The van der Waals surface area contributed by atoms with Crippen molar-refractivity contribution >= 4 is 33.5 Å². The Kier molecular flexibility index (Phi) is 5.26. The number of hydrogen-bond donors (Lipinski definition) is 2. The highest BCUT2D eigenvalue weighted by atomic mass is 32.1. The van der Waals surface area contributed by atoms with Crippen molar-refractivity contribution in [3.05, 3.63) is 71.6 Å². The first-order chi connectivity index (χ1) is 15.9. The molecule has 33 heavy (non-hydrogen) atoms. The van der Waals surface area contributed by atoms with Crippen molar-refractivity contribution in [2.45, 2.75) is 25.3 Å². The summed E-state index contributed by atoms with van der Waals surface area (Å²) in [6, 6.07) is 13.3. The average molecular weight is 463 g/mol. The Balaban J connectivity index is 1.35. The molecule has 2 aromatic heterocycles. The Morgan fingerprint density at radius 2 is 1.82 bits per heavy atom. The van der Waals surface area contributed by atoms with E-state index in [2.05, 4.69) is 20.6 Å². The Bertz CT molecular complexity index is 1350. The van der Waals surface area contributed by atoms with Crippen LogP contribution in [0.4, 0.5) is 9.18 Å².